The van der Waals surface area contributed by atoms with Gasteiger partial charge in [-0.1, -0.05) is 31.0 Å². The van der Waals surface area contributed by atoms with Gasteiger partial charge in [0.05, 0.1) is 12.9 Å². The summed E-state index contributed by atoms with van der Waals surface area (Å²) in [5.41, 5.74) is 0.698. The Morgan fingerprint density at radius 1 is 1.20 bits per heavy atom. The molecule has 2 aromatic rings. The highest BCUT2D eigenvalue weighted by Gasteiger charge is 2.23. The van der Waals surface area contributed by atoms with Crippen molar-refractivity contribution in [2.24, 2.45) is 0 Å². The molecule has 0 aliphatic heterocycles. The van der Waals surface area contributed by atoms with Crippen molar-refractivity contribution in [3.8, 4) is 5.75 Å². The van der Waals surface area contributed by atoms with Gasteiger partial charge in [-0.05, 0) is 44.0 Å². The number of hydrogen-bond acceptors (Lipinski definition) is 5. The van der Waals surface area contributed by atoms with Gasteiger partial charge in [0.1, 0.15) is 11.6 Å². The van der Waals surface area contributed by atoms with Crippen LogP contribution in [0.5, 0.6) is 5.75 Å². The average molecular weight is 359 g/mol. The molecule has 1 aliphatic carbocycles. The summed E-state index contributed by atoms with van der Waals surface area (Å²) < 4.78 is 7.31. The summed E-state index contributed by atoms with van der Waals surface area (Å²) in [4.78, 5) is 12.4. The Kier molecular flexibility index (Phi) is 6.13. The molecule has 25 heavy (non-hydrogen) atoms. The van der Waals surface area contributed by atoms with Crippen molar-refractivity contribution in [2.45, 2.75) is 56.6 Å². The maximum atomic E-state index is 12.4. The molecule has 5 nitrogen and oxygen atoms in total. The fourth-order valence-corrected chi connectivity index (χ4v) is 4.26. The Balaban J connectivity index is 1.66. The van der Waals surface area contributed by atoms with E-state index < -0.39 is 0 Å². The third-order valence-corrected chi connectivity index (χ3v) is 5.74. The molecule has 3 rings (SSSR count). The molecule has 1 aromatic heterocycles. The first-order valence-electron chi connectivity index (χ1n) is 8.96. The zero-order chi connectivity index (χ0) is 17.6. The second-order valence-electron chi connectivity index (χ2n) is 6.36. The normalized spacial score (nSPS) is 15.3. The Morgan fingerprint density at radius 3 is 2.56 bits per heavy atom. The molecule has 1 aliphatic rings. The van der Waals surface area contributed by atoms with Crippen molar-refractivity contribution < 1.29 is 9.53 Å². The number of ketones is 1. The van der Waals surface area contributed by atoms with Gasteiger partial charge >= 0.3 is 0 Å². The van der Waals surface area contributed by atoms with Crippen LogP contribution in [0.25, 0.3) is 0 Å². The molecule has 134 valence electrons. The number of methoxy groups -OCH3 is 1. The number of nitrogens with zero attached hydrogens (tertiary/aromatic N) is 3. The van der Waals surface area contributed by atoms with Crippen LogP contribution in [0.15, 0.2) is 29.4 Å². The van der Waals surface area contributed by atoms with Crippen molar-refractivity contribution in [2.75, 3.05) is 12.9 Å². The van der Waals surface area contributed by atoms with E-state index >= 15 is 0 Å². The minimum atomic E-state index is 0.0949. The van der Waals surface area contributed by atoms with E-state index in [9.17, 15) is 4.79 Å². The molecule has 1 heterocycles. The maximum Gasteiger partial charge on any atom is 0.191 e. The van der Waals surface area contributed by atoms with Gasteiger partial charge in [-0.15, -0.1) is 10.2 Å². The van der Waals surface area contributed by atoms with E-state index in [4.69, 9.17) is 4.74 Å². The van der Waals surface area contributed by atoms with Crippen molar-refractivity contribution >= 4 is 17.5 Å². The SMILES string of the molecule is CCn1c(SCC(=O)c2ccc(OC)cc2)nnc1C1CCCCC1. The van der Waals surface area contributed by atoms with Gasteiger partial charge < -0.3 is 9.30 Å². The largest absolute Gasteiger partial charge is 0.497 e. The topological polar surface area (TPSA) is 57.0 Å². The lowest BCUT2D eigenvalue weighted by Crippen LogP contribution is -2.12. The van der Waals surface area contributed by atoms with Gasteiger partial charge in [-0.2, -0.15) is 0 Å². The molecule has 0 unspecified atom stereocenters. The summed E-state index contributed by atoms with van der Waals surface area (Å²) in [5.74, 6) is 2.84. The number of rotatable bonds is 7. The van der Waals surface area contributed by atoms with E-state index in [-0.39, 0.29) is 5.78 Å². The minimum Gasteiger partial charge on any atom is -0.497 e. The third kappa shape index (κ3) is 4.24. The van der Waals surface area contributed by atoms with Crippen molar-refractivity contribution in [3.63, 3.8) is 0 Å². The van der Waals surface area contributed by atoms with E-state index in [0.29, 0.717) is 17.2 Å². The number of ether oxygens (including phenoxy) is 1. The average Bonchev–Trinajstić information content (AvgIpc) is 3.09. The van der Waals surface area contributed by atoms with Gasteiger partial charge in [-0.3, -0.25) is 4.79 Å². The van der Waals surface area contributed by atoms with Crippen molar-refractivity contribution in [1.29, 1.82) is 0 Å². The van der Waals surface area contributed by atoms with Crippen molar-refractivity contribution in [3.05, 3.63) is 35.7 Å². The monoisotopic (exact) mass is 359 g/mol. The second-order valence-corrected chi connectivity index (χ2v) is 7.30. The van der Waals surface area contributed by atoms with E-state index in [2.05, 4.69) is 21.7 Å². The van der Waals surface area contributed by atoms with Gasteiger partial charge in [-0.25, -0.2) is 0 Å². The van der Waals surface area contributed by atoms with Gasteiger partial charge in [0, 0.05) is 18.0 Å². The lowest BCUT2D eigenvalue weighted by Gasteiger charge is -2.21. The fraction of sp³-hybridized carbons (Fsp3) is 0.526. The summed E-state index contributed by atoms with van der Waals surface area (Å²) in [5, 5.41) is 9.66. The highest BCUT2D eigenvalue weighted by atomic mass is 32.2. The predicted octanol–water partition coefficient (Wildman–Crippen LogP) is 4.33. The highest BCUT2D eigenvalue weighted by molar-refractivity contribution is 7.99. The van der Waals surface area contributed by atoms with Crippen LogP contribution in [0.1, 0.15) is 61.1 Å². The summed E-state index contributed by atoms with van der Waals surface area (Å²) in [6, 6.07) is 7.24. The summed E-state index contributed by atoms with van der Waals surface area (Å²) in [6.45, 7) is 2.96. The third-order valence-electron chi connectivity index (χ3n) is 4.78. The number of aromatic nitrogens is 3. The van der Waals surface area contributed by atoms with E-state index in [0.717, 1.165) is 23.3 Å². The van der Waals surface area contributed by atoms with E-state index in [1.165, 1.54) is 43.9 Å². The fourth-order valence-electron chi connectivity index (χ4n) is 3.36. The number of hydrogen-bond donors (Lipinski definition) is 0. The quantitative estimate of drug-likeness (QED) is 0.544. The summed E-state index contributed by atoms with van der Waals surface area (Å²) in [6.07, 6.45) is 6.29. The second kappa shape index (κ2) is 8.52. The molecule has 0 atom stereocenters. The molecule has 0 N–H and O–H groups in total. The lowest BCUT2D eigenvalue weighted by molar-refractivity contribution is 0.102. The smallest absolute Gasteiger partial charge is 0.191 e. The molecule has 0 bridgehead atoms. The number of carbonyl (C=O) groups excluding carboxylic acids is 1. The standard InChI is InChI=1S/C19H25N3O2S/c1-3-22-18(15-7-5-4-6-8-15)20-21-19(22)25-13-17(23)14-9-11-16(24-2)12-10-14/h9-12,15H,3-8,13H2,1-2H3. The first-order chi connectivity index (χ1) is 12.2. The molecule has 0 radical (unpaired) electrons. The zero-order valence-electron chi connectivity index (χ0n) is 14.9. The van der Waals surface area contributed by atoms with Crippen LogP contribution < -0.4 is 4.74 Å². The van der Waals surface area contributed by atoms with Crippen LogP contribution >= 0.6 is 11.8 Å². The van der Waals surface area contributed by atoms with Crippen LogP contribution in [0.4, 0.5) is 0 Å². The van der Waals surface area contributed by atoms with Gasteiger partial charge in [0.15, 0.2) is 10.9 Å². The highest BCUT2D eigenvalue weighted by Crippen LogP contribution is 2.33. The molecular weight excluding hydrogens is 334 g/mol. The summed E-state index contributed by atoms with van der Waals surface area (Å²) in [7, 11) is 1.62. The molecule has 1 fully saturated rings. The van der Waals surface area contributed by atoms with Gasteiger partial charge in [0.2, 0.25) is 0 Å². The van der Waals surface area contributed by atoms with Gasteiger partial charge in [0.25, 0.3) is 0 Å². The first kappa shape index (κ1) is 18.0. The Hall–Kier alpha value is -1.82. The van der Waals surface area contributed by atoms with Crippen LogP contribution in [0.2, 0.25) is 0 Å². The number of Topliss-reactive ketones (excluding diaryl/α,β-unsaturated/α-hetero) is 1. The molecule has 0 spiro atoms. The summed E-state index contributed by atoms with van der Waals surface area (Å²) >= 11 is 1.48. The van der Waals surface area contributed by atoms with Crippen LogP contribution in [-0.4, -0.2) is 33.4 Å². The molecule has 1 aromatic carbocycles. The Bertz CT molecular complexity index is 706. The lowest BCUT2D eigenvalue weighted by atomic mass is 9.89. The van der Waals surface area contributed by atoms with Crippen molar-refractivity contribution in [1.82, 2.24) is 14.8 Å². The molecule has 1 saturated carbocycles. The Labute approximate surface area is 153 Å². The number of benzene rings is 1. The molecule has 0 saturated heterocycles. The first-order valence-corrected chi connectivity index (χ1v) is 9.94. The molecule has 6 heteroatoms. The van der Waals surface area contributed by atoms with Crippen LogP contribution in [0.3, 0.4) is 0 Å². The van der Waals surface area contributed by atoms with Crippen LogP contribution in [-0.2, 0) is 6.54 Å². The number of thioether (sulfide) groups is 1. The Morgan fingerprint density at radius 2 is 1.92 bits per heavy atom. The van der Waals surface area contributed by atoms with Crippen LogP contribution in [0, 0.1) is 0 Å². The number of carbonyl (C=O) groups is 1. The predicted molar refractivity (Wildman–Crippen MR) is 99.6 cm³/mol. The molecular formula is C19H25N3O2S. The maximum absolute atomic E-state index is 12.4. The van der Waals surface area contributed by atoms with E-state index in [1.807, 2.05) is 12.1 Å². The molecule has 0 amide bonds. The minimum absolute atomic E-state index is 0.0949. The zero-order valence-corrected chi connectivity index (χ0v) is 15.7. The van der Waals surface area contributed by atoms with E-state index in [1.54, 1.807) is 19.2 Å².